The molecule has 0 bridgehead atoms. The number of carbonyl (C=O) groups excluding carboxylic acids is 1. The molecule has 0 aliphatic rings. The summed E-state index contributed by atoms with van der Waals surface area (Å²) in [4.78, 5) is 13.9. The van der Waals surface area contributed by atoms with Crippen molar-refractivity contribution in [1.29, 1.82) is 0 Å². The van der Waals surface area contributed by atoms with Crippen molar-refractivity contribution in [2.45, 2.75) is 26.8 Å². The first-order valence-electron chi connectivity index (χ1n) is 6.68. The fourth-order valence-corrected chi connectivity index (χ4v) is 2.02. The van der Waals surface area contributed by atoms with Crippen LogP contribution in [0.2, 0.25) is 0 Å². The first-order valence-corrected chi connectivity index (χ1v) is 6.68. The van der Waals surface area contributed by atoms with Gasteiger partial charge < -0.3 is 15.5 Å². The van der Waals surface area contributed by atoms with Gasteiger partial charge in [0.2, 0.25) is 0 Å². The monoisotopic (exact) mass is 263 g/mol. The number of carbonyl (C=O) groups is 1. The van der Waals surface area contributed by atoms with Gasteiger partial charge in [0.05, 0.1) is 0 Å². The van der Waals surface area contributed by atoms with Crippen LogP contribution in [0.15, 0.2) is 24.3 Å². The number of hydrogen-bond donors (Lipinski definition) is 2. The normalized spacial score (nSPS) is 12.6. The lowest BCUT2D eigenvalue weighted by Gasteiger charge is -2.28. The van der Waals surface area contributed by atoms with Crippen molar-refractivity contribution < 1.29 is 4.79 Å². The molecule has 1 atom stereocenters. The lowest BCUT2D eigenvalue weighted by Crippen LogP contribution is -2.44. The Morgan fingerprint density at radius 1 is 1.21 bits per heavy atom. The number of likely N-dealkylation sites (N-methyl/N-ethyl adjacent to an activating group) is 1. The molecule has 1 rings (SSSR count). The highest BCUT2D eigenvalue weighted by Crippen LogP contribution is 2.09. The van der Waals surface area contributed by atoms with Crippen molar-refractivity contribution in [3.63, 3.8) is 0 Å². The van der Waals surface area contributed by atoms with Crippen LogP contribution in [0.25, 0.3) is 0 Å². The summed E-state index contributed by atoms with van der Waals surface area (Å²) in [6.07, 6.45) is 0. The van der Waals surface area contributed by atoms with E-state index in [9.17, 15) is 4.79 Å². The smallest absolute Gasteiger partial charge is 0.319 e. The van der Waals surface area contributed by atoms with Crippen LogP contribution in [-0.4, -0.2) is 37.6 Å². The van der Waals surface area contributed by atoms with Crippen molar-refractivity contribution in [1.82, 2.24) is 10.2 Å². The Balaban J connectivity index is 2.45. The average Bonchev–Trinajstić information content (AvgIpc) is 2.31. The predicted octanol–water partition coefficient (Wildman–Crippen LogP) is 2.70. The fourth-order valence-electron chi connectivity index (χ4n) is 2.02. The zero-order chi connectivity index (χ0) is 14.4. The molecule has 0 saturated heterocycles. The van der Waals surface area contributed by atoms with E-state index in [4.69, 9.17) is 0 Å². The molecule has 19 heavy (non-hydrogen) atoms. The molecule has 0 saturated carbocycles. The zero-order valence-electron chi connectivity index (χ0n) is 12.5. The molecular weight excluding hydrogens is 238 g/mol. The Morgan fingerprint density at radius 3 is 2.26 bits per heavy atom. The minimum Gasteiger partial charge on any atom is -0.336 e. The summed E-state index contributed by atoms with van der Waals surface area (Å²) in [5, 5.41) is 5.75. The van der Waals surface area contributed by atoms with E-state index in [0.717, 1.165) is 5.69 Å². The van der Waals surface area contributed by atoms with Gasteiger partial charge in [-0.05, 0) is 39.1 Å². The van der Waals surface area contributed by atoms with E-state index in [1.54, 1.807) is 0 Å². The predicted molar refractivity (Wildman–Crippen MR) is 80.5 cm³/mol. The number of aryl methyl sites for hydroxylation is 1. The van der Waals surface area contributed by atoms with Gasteiger partial charge in [0.1, 0.15) is 0 Å². The van der Waals surface area contributed by atoms with Gasteiger partial charge in [-0.3, -0.25) is 0 Å². The van der Waals surface area contributed by atoms with Gasteiger partial charge in [-0.25, -0.2) is 4.79 Å². The van der Waals surface area contributed by atoms with E-state index >= 15 is 0 Å². The number of hydrogen-bond acceptors (Lipinski definition) is 2. The molecule has 0 heterocycles. The Bertz CT molecular complexity index is 390. The van der Waals surface area contributed by atoms with E-state index in [-0.39, 0.29) is 6.03 Å². The molecule has 0 aromatic heterocycles. The highest BCUT2D eigenvalue weighted by molar-refractivity contribution is 5.89. The molecule has 2 amide bonds. The minimum atomic E-state index is -0.156. The standard InChI is InChI=1S/C15H25N3O/c1-11(2)14(18(4)5)10-16-15(19)17-13-8-6-12(3)7-9-13/h6-9,11,14H,10H2,1-5H3,(H2,16,17,19)/t14-/m0/s1. The van der Waals surface area contributed by atoms with Gasteiger partial charge in [-0.2, -0.15) is 0 Å². The van der Waals surface area contributed by atoms with Crippen LogP contribution in [0.4, 0.5) is 10.5 Å². The quantitative estimate of drug-likeness (QED) is 0.858. The summed E-state index contributed by atoms with van der Waals surface area (Å²) in [6, 6.07) is 7.94. The van der Waals surface area contributed by atoms with Crippen LogP contribution in [0.5, 0.6) is 0 Å². The maximum Gasteiger partial charge on any atom is 0.319 e. The molecule has 106 valence electrons. The van der Waals surface area contributed by atoms with Crippen LogP contribution in [0.3, 0.4) is 0 Å². The molecule has 4 heteroatoms. The molecule has 0 spiro atoms. The van der Waals surface area contributed by atoms with Gasteiger partial charge in [0.25, 0.3) is 0 Å². The molecule has 0 fully saturated rings. The maximum absolute atomic E-state index is 11.8. The van der Waals surface area contributed by atoms with Crippen LogP contribution >= 0.6 is 0 Å². The second-order valence-corrected chi connectivity index (χ2v) is 5.48. The molecule has 4 nitrogen and oxygen atoms in total. The Labute approximate surface area is 116 Å². The van der Waals surface area contributed by atoms with E-state index in [1.165, 1.54) is 5.56 Å². The lowest BCUT2D eigenvalue weighted by molar-refractivity contribution is 0.218. The Kier molecular flexibility index (Phi) is 5.83. The minimum absolute atomic E-state index is 0.156. The van der Waals surface area contributed by atoms with Gasteiger partial charge in [-0.15, -0.1) is 0 Å². The number of amides is 2. The van der Waals surface area contributed by atoms with E-state index in [2.05, 4.69) is 29.4 Å². The summed E-state index contributed by atoms with van der Waals surface area (Å²) in [5.74, 6) is 0.495. The zero-order valence-corrected chi connectivity index (χ0v) is 12.5. The number of nitrogens with one attached hydrogen (secondary N) is 2. The summed E-state index contributed by atoms with van der Waals surface area (Å²) in [6.45, 7) is 6.98. The number of urea groups is 1. The SMILES string of the molecule is Cc1ccc(NC(=O)NC[C@@H](C(C)C)N(C)C)cc1. The first-order chi connectivity index (χ1) is 8.90. The molecule has 0 aliphatic carbocycles. The summed E-state index contributed by atoms with van der Waals surface area (Å²) in [5.41, 5.74) is 1.99. The largest absolute Gasteiger partial charge is 0.336 e. The van der Waals surface area contributed by atoms with Crippen LogP contribution in [0.1, 0.15) is 19.4 Å². The van der Waals surface area contributed by atoms with Crippen LogP contribution < -0.4 is 10.6 Å². The molecule has 1 aromatic carbocycles. The molecule has 0 radical (unpaired) electrons. The third-order valence-corrected chi connectivity index (χ3v) is 3.21. The Hall–Kier alpha value is -1.55. The van der Waals surface area contributed by atoms with Crippen LogP contribution in [-0.2, 0) is 0 Å². The van der Waals surface area contributed by atoms with E-state index < -0.39 is 0 Å². The van der Waals surface area contributed by atoms with Crippen molar-refractivity contribution in [2.75, 3.05) is 26.0 Å². The van der Waals surface area contributed by atoms with Crippen LogP contribution in [0, 0.1) is 12.8 Å². The van der Waals surface area contributed by atoms with Gasteiger partial charge in [0.15, 0.2) is 0 Å². The second-order valence-electron chi connectivity index (χ2n) is 5.48. The molecule has 0 aliphatic heterocycles. The maximum atomic E-state index is 11.8. The van der Waals surface area contributed by atoms with Crippen molar-refractivity contribution in [2.24, 2.45) is 5.92 Å². The van der Waals surface area contributed by atoms with Gasteiger partial charge >= 0.3 is 6.03 Å². The highest BCUT2D eigenvalue weighted by Gasteiger charge is 2.16. The fraction of sp³-hybridized carbons (Fsp3) is 0.533. The number of nitrogens with zero attached hydrogens (tertiary/aromatic N) is 1. The molecule has 1 aromatic rings. The first kappa shape index (κ1) is 15.5. The molecular formula is C15H25N3O. The third-order valence-electron chi connectivity index (χ3n) is 3.21. The number of anilines is 1. The van der Waals surface area contributed by atoms with Crippen molar-refractivity contribution >= 4 is 11.7 Å². The van der Waals surface area contributed by atoms with Gasteiger partial charge in [-0.1, -0.05) is 31.5 Å². The lowest BCUT2D eigenvalue weighted by atomic mass is 10.0. The number of benzene rings is 1. The summed E-state index contributed by atoms with van der Waals surface area (Å²) < 4.78 is 0. The topological polar surface area (TPSA) is 44.4 Å². The molecule has 0 unspecified atom stereocenters. The summed E-state index contributed by atoms with van der Waals surface area (Å²) in [7, 11) is 4.06. The number of rotatable bonds is 5. The average molecular weight is 263 g/mol. The van der Waals surface area contributed by atoms with Crippen molar-refractivity contribution in [3.05, 3.63) is 29.8 Å². The molecule has 2 N–H and O–H groups in total. The summed E-state index contributed by atoms with van der Waals surface area (Å²) >= 11 is 0. The van der Waals surface area contributed by atoms with E-state index in [0.29, 0.717) is 18.5 Å². The van der Waals surface area contributed by atoms with Crippen molar-refractivity contribution in [3.8, 4) is 0 Å². The highest BCUT2D eigenvalue weighted by atomic mass is 16.2. The Morgan fingerprint density at radius 2 is 1.79 bits per heavy atom. The van der Waals surface area contributed by atoms with E-state index in [1.807, 2.05) is 45.3 Å². The van der Waals surface area contributed by atoms with Gasteiger partial charge in [0, 0.05) is 18.3 Å². The second kappa shape index (κ2) is 7.14. The third kappa shape index (κ3) is 5.30.